The van der Waals surface area contributed by atoms with Crippen LogP contribution in [0.15, 0.2) is 18.2 Å². The van der Waals surface area contributed by atoms with E-state index in [0.29, 0.717) is 17.9 Å². The summed E-state index contributed by atoms with van der Waals surface area (Å²) in [6.07, 6.45) is 1.14. The molecule has 2 heteroatoms. The number of hydrogen-bond acceptors (Lipinski definition) is 2. The van der Waals surface area contributed by atoms with Crippen molar-refractivity contribution in [1.82, 2.24) is 0 Å². The van der Waals surface area contributed by atoms with Crippen molar-refractivity contribution in [2.24, 2.45) is 11.7 Å². The van der Waals surface area contributed by atoms with E-state index in [1.54, 1.807) is 0 Å². The number of fused-ring (bicyclic) bond motifs is 1. The highest BCUT2D eigenvalue weighted by atomic mass is 16.5. The van der Waals surface area contributed by atoms with Crippen molar-refractivity contribution in [3.8, 4) is 0 Å². The molecule has 1 heterocycles. The SMILES string of the molecule is CC1C(N)CC1c1ccc2c(c1)COC2. The van der Waals surface area contributed by atoms with Crippen LogP contribution in [0.3, 0.4) is 0 Å². The summed E-state index contributed by atoms with van der Waals surface area (Å²) in [4.78, 5) is 0. The smallest absolute Gasteiger partial charge is 0.0725 e. The molecule has 3 atom stereocenters. The zero-order chi connectivity index (χ0) is 10.4. The van der Waals surface area contributed by atoms with Crippen LogP contribution >= 0.6 is 0 Å². The van der Waals surface area contributed by atoms with Gasteiger partial charge in [0.1, 0.15) is 0 Å². The van der Waals surface area contributed by atoms with E-state index in [9.17, 15) is 0 Å². The number of nitrogens with two attached hydrogens (primary N) is 1. The van der Waals surface area contributed by atoms with Crippen molar-refractivity contribution in [2.45, 2.75) is 38.5 Å². The van der Waals surface area contributed by atoms with Gasteiger partial charge in [-0.1, -0.05) is 25.1 Å². The van der Waals surface area contributed by atoms with Gasteiger partial charge in [-0.2, -0.15) is 0 Å². The number of benzene rings is 1. The highest BCUT2D eigenvalue weighted by Gasteiger charge is 2.36. The molecule has 0 radical (unpaired) electrons. The zero-order valence-corrected chi connectivity index (χ0v) is 9.07. The topological polar surface area (TPSA) is 35.2 Å². The molecule has 2 aliphatic rings. The summed E-state index contributed by atoms with van der Waals surface area (Å²) >= 11 is 0. The normalized spacial score (nSPS) is 33.6. The summed E-state index contributed by atoms with van der Waals surface area (Å²) in [7, 11) is 0. The lowest BCUT2D eigenvalue weighted by Gasteiger charge is -2.41. The molecule has 15 heavy (non-hydrogen) atoms. The van der Waals surface area contributed by atoms with Crippen molar-refractivity contribution in [2.75, 3.05) is 0 Å². The fourth-order valence-corrected chi connectivity index (χ4v) is 2.69. The van der Waals surface area contributed by atoms with Crippen LogP contribution in [-0.2, 0) is 18.0 Å². The van der Waals surface area contributed by atoms with Crippen molar-refractivity contribution in [3.63, 3.8) is 0 Å². The van der Waals surface area contributed by atoms with Crippen molar-refractivity contribution in [1.29, 1.82) is 0 Å². The molecule has 1 saturated carbocycles. The van der Waals surface area contributed by atoms with E-state index < -0.39 is 0 Å². The monoisotopic (exact) mass is 203 g/mol. The number of hydrogen-bond donors (Lipinski definition) is 1. The molecule has 0 saturated heterocycles. The van der Waals surface area contributed by atoms with E-state index in [0.717, 1.165) is 19.6 Å². The molecule has 80 valence electrons. The Kier molecular flexibility index (Phi) is 2.08. The third kappa shape index (κ3) is 1.40. The average Bonchev–Trinajstić information content (AvgIpc) is 2.72. The fourth-order valence-electron chi connectivity index (χ4n) is 2.69. The molecular weight excluding hydrogens is 186 g/mol. The van der Waals surface area contributed by atoms with Gasteiger partial charge < -0.3 is 10.5 Å². The largest absolute Gasteiger partial charge is 0.372 e. The summed E-state index contributed by atoms with van der Waals surface area (Å²) in [5.41, 5.74) is 10.1. The van der Waals surface area contributed by atoms with E-state index in [1.165, 1.54) is 16.7 Å². The van der Waals surface area contributed by atoms with Crippen molar-refractivity contribution >= 4 is 0 Å². The molecule has 0 spiro atoms. The Bertz CT molecular complexity index is 388. The Morgan fingerprint density at radius 1 is 1.27 bits per heavy atom. The van der Waals surface area contributed by atoms with Gasteiger partial charge in [0.2, 0.25) is 0 Å². The highest BCUT2D eigenvalue weighted by Crippen LogP contribution is 2.42. The minimum atomic E-state index is 0.402. The van der Waals surface area contributed by atoms with Gasteiger partial charge >= 0.3 is 0 Å². The van der Waals surface area contributed by atoms with Crippen molar-refractivity contribution in [3.05, 3.63) is 34.9 Å². The van der Waals surface area contributed by atoms with Crippen LogP contribution in [0.4, 0.5) is 0 Å². The first-order valence-corrected chi connectivity index (χ1v) is 5.71. The molecule has 1 aliphatic carbocycles. The van der Waals surface area contributed by atoms with E-state index in [2.05, 4.69) is 25.1 Å². The summed E-state index contributed by atoms with van der Waals surface area (Å²) in [5.74, 6) is 1.30. The third-order valence-corrected chi connectivity index (χ3v) is 4.01. The van der Waals surface area contributed by atoms with Gasteiger partial charge in [-0.05, 0) is 34.9 Å². The Hall–Kier alpha value is -0.860. The summed E-state index contributed by atoms with van der Waals surface area (Å²) in [5, 5.41) is 0. The molecule has 2 nitrogen and oxygen atoms in total. The molecular formula is C13H17NO. The van der Waals surface area contributed by atoms with Crippen LogP contribution in [0.5, 0.6) is 0 Å². The van der Waals surface area contributed by atoms with Crippen LogP contribution < -0.4 is 5.73 Å². The maximum absolute atomic E-state index is 5.94. The van der Waals surface area contributed by atoms with E-state index in [-0.39, 0.29) is 0 Å². The molecule has 0 aromatic heterocycles. The van der Waals surface area contributed by atoms with Crippen LogP contribution in [0.2, 0.25) is 0 Å². The van der Waals surface area contributed by atoms with Crippen LogP contribution in [-0.4, -0.2) is 6.04 Å². The maximum atomic E-state index is 5.94. The first-order chi connectivity index (χ1) is 7.25. The van der Waals surface area contributed by atoms with Crippen LogP contribution in [0.1, 0.15) is 36.0 Å². The highest BCUT2D eigenvalue weighted by molar-refractivity contribution is 5.36. The summed E-state index contributed by atoms with van der Waals surface area (Å²) in [6, 6.07) is 7.18. The predicted octanol–water partition coefficient (Wildman–Crippen LogP) is 2.17. The fraction of sp³-hybridized carbons (Fsp3) is 0.538. The Morgan fingerprint density at radius 2 is 2.07 bits per heavy atom. The Labute approximate surface area is 90.4 Å². The van der Waals surface area contributed by atoms with Crippen LogP contribution in [0.25, 0.3) is 0 Å². The predicted molar refractivity (Wildman–Crippen MR) is 59.4 cm³/mol. The standard InChI is InChI=1S/C13H17NO/c1-8-12(5-13(8)14)9-2-3-10-6-15-7-11(10)4-9/h2-4,8,12-13H,5-7,14H2,1H3. The second kappa shape index (κ2) is 3.32. The van der Waals surface area contributed by atoms with Gasteiger partial charge in [-0.15, -0.1) is 0 Å². The second-order valence-corrected chi connectivity index (χ2v) is 4.89. The van der Waals surface area contributed by atoms with E-state index >= 15 is 0 Å². The summed E-state index contributed by atoms with van der Waals surface area (Å²) < 4.78 is 5.42. The first kappa shape index (κ1) is 9.37. The second-order valence-electron chi connectivity index (χ2n) is 4.89. The lowest BCUT2D eigenvalue weighted by atomic mass is 9.67. The van der Waals surface area contributed by atoms with Gasteiger partial charge in [-0.3, -0.25) is 0 Å². The van der Waals surface area contributed by atoms with Gasteiger partial charge in [0.25, 0.3) is 0 Å². The Balaban J connectivity index is 1.88. The van der Waals surface area contributed by atoms with Gasteiger partial charge in [0.15, 0.2) is 0 Å². The maximum Gasteiger partial charge on any atom is 0.0725 e. The Morgan fingerprint density at radius 3 is 2.80 bits per heavy atom. The molecule has 1 aromatic rings. The third-order valence-electron chi connectivity index (χ3n) is 4.01. The van der Waals surface area contributed by atoms with E-state index in [1.807, 2.05) is 0 Å². The molecule has 1 aliphatic heterocycles. The molecule has 1 fully saturated rings. The minimum absolute atomic E-state index is 0.402. The lowest BCUT2D eigenvalue weighted by Crippen LogP contribution is -2.44. The molecule has 0 amide bonds. The molecule has 0 bridgehead atoms. The molecule has 1 aromatic carbocycles. The molecule has 2 N–H and O–H groups in total. The molecule has 3 unspecified atom stereocenters. The average molecular weight is 203 g/mol. The zero-order valence-electron chi connectivity index (χ0n) is 9.07. The minimum Gasteiger partial charge on any atom is -0.372 e. The number of ether oxygens (including phenoxy) is 1. The quantitative estimate of drug-likeness (QED) is 0.759. The van der Waals surface area contributed by atoms with E-state index in [4.69, 9.17) is 10.5 Å². The van der Waals surface area contributed by atoms with Gasteiger partial charge in [0, 0.05) is 6.04 Å². The number of rotatable bonds is 1. The van der Waals surface area contributed by atoms with Gasteiger partial charge in [0.05, 0.1) is 13.2 Å². The molecule has 3 rings (SSSR count). The first-order valence-electron chi connectivity index (χ1n) is 5.71. The van der Waals surface area contributed by atoms with Crippen molar-refractivity contribution < 1.29 is 4.74 Å². The lowest BCUT2D eigenvalue weighted by molar-refractivity contribution is 0.134. The van der Waals surface area contributed by atoms with Crippen LogP contribution in [0, 0.1) is 5.92 Å². The summed E-state index contributed by atoms with van der Waals surface area (Å²) in [6.45, 7) is 3.83. The van der Waals surface area contributed by atoms with Gasteiger partial charge in [-0.25, -0.2) is 0 Å².